The minimum atomic E-state index is 0.628. The first kappa shape index (κ1) is 43.0. The van der Waals surface area contributed by atoms with Crippen LogP contribution in [0.5, 0.6) is 5.75 Å². The molecule has 1 aromatic carbocycles. The van der Waals surface area contributed by atoms with E-state index in [2.05, 4.69) is 33.8 Å². The Morgan fingerprint density at radius 3 is 0.935 bits per heavy atom. The number of hydrogen-bond donors (Lipinski definition) is 1. The summed E-state index contributed by atoms with van der Waals surface area (Å²) in [6, 6.07) is 2.22. The fourth-order valence-corrected chi connectivity index (χ4v) is 7.56. The second-order valence-electron chi connectivity index (χ2n) is 15.0. The van der Waals surface area contributed by atoms with Crippen molar-refractivity contribution in [1.29, 1.82) is 0 Å². The van der Waals surface area contributed by atoms with Crippen LogP contribution in [0.15, 0.2) is 6.07 Å². The van der Waals surface area contributed by atoms with E-state index < -0.39 is 0 Å². The number of phenols is 1. The number of benzene rings is 1. The molecule has 0 aliphatic rings. The van der Waals surface area contributed by atoms with Crippen molar-refractivity contribution in [3.8, 4) is 5.75 Å². The molecule has 0 amide bonds. The molecule has 0 aliphatic carbocycles. The summed E-state index contributed by atoms with van der Waals surface area (Å²) in [5.41, 5.74) is 6.07. The predicted molar refractivity (Wildman–Crippen MR) is 209 cm³/mol. The number of unbranched alkanes of at least 4 members (excludes halogenated alkanes) is 27. The molecule has 1 nitrogen and oxygen atoms in total. The predicted octanol–water partition coefficient (Wildman–Crippen LogP) is 15.7. The Bertz CT molecular complexity index is 780. The molecule has 0 heterocycles. The molecule has 0 radical (unpaired) electrons. The van der Waals surface area contributed by atoms with Crippen LogP contribution in [-0.4, -0.2) is 5.11 Å². The molecule has 0 bridgehead atoms. The van der Waals surface area contributed by atoms with E-state index in [1.54, 1.807) is 11.1 Å². The maximum Gasteiger partial charge on any atom is 0.119 e. The van der Waals surface area contributed by atoms with Crippen LogP contribution < -0.4 is 0 Å². The largest absolute Gasteiger partial charge is 0.508 e. The molecule has 1 N–H and O–H groups in total. The minimum Gasteiger partial charge on any atom is -0.508 e. The van der Waals surface area contributed by atoms with E-state index in [0.717, 1.165) is 12.8 Å². The van der Waals surface area contributed by atoms with Gasteiger partial charge in [-0.3, -0.25) is 0 Å². The number of aryl methyl sites for hydroxylation is 1. The molecule has 0 fully saturated rings. The Morgan fingerprint density at radius 1 is 0.304 bits per heavy atom. The quantitative estimate of drug-likeness (QED) is 0.0732. The summed E-state index contributed by atoms with van der Waals surface area (Å²) in [4.78, 5) is 0. The molecule has 0 aromatic heterocycles. The van der Waals surface area contributed by atoms with Crippen LogP contribution in [0.1, 0.15) is 249 Å². The average Bonchev–Trinajstić information content (AvgIpc) is 3.06. The molecule has 0 saturated heterocycles. The van der Waals surface area contributed by atoms with E-state index in [1.807, 2.05) is 0 Å². The third-order valence-corrected chi connectivity index (χ3v) is 10.6. The Labute approximate surface area is 290 Å². The van der Waals surface area contributed by atoms with E-state index in [9.17, 15) is 5.11 Å². The van der Waals surface area contributed by atoms with Crippen molar-refractivity contribution in [3.63, 3.8) is 0 Å². The van der Waals surface area contributed by atoms with Gasteiger partial charge in [0.2, 0.25) is 0 Å². The van der Waals surface area contributed by atoms with Gasteiger partial charge in [0.1, 0.15) is 5.75 Å². The third-order valence-electron chi connectivity index (χ3n) is 10.6. The zero-order chi connectivity index (χ0) is 33.3. The van der Waals surface area contributed by atoms with Crippen molar-refractivity contribution >= 4 is 0 Å². The first-order valence-electron chi connectivity index (χ1n) is 21.5. The first-order valence-corrected chi connectivity index (χ1v) is 21.5. The summed E-state index contributed by atoms with van der Waals surface area (Å²) in [5, 5.41) is 11.5. The lowest BCUT2D eigenvalue weighted by Gasteiger charge is -2.21. The molecule has 1 aromatic rings. The first-order chi connectivity index (χ1) is 22.7. The second-order valence-corrected chi connectivity index (χ2v) is 15.0. The summed E-state index contributed by atoms with van der Waals surface area (Å²) in [6.07, 6.45) is 47.2. The van der Waals surface area contributed by atoms with Crippen molar-refractivity contribution in [3.05, 3.63) is 28.3 Å². The van der Waals surface area contributed by atoms with Gasteiger partial charge in [-0.05, 0) is 79.7 Å². The van der Waals surface area contributed by atoms with Gasteiger partial charge >= 0.3 is 0 Å². The van der Waals surface area contributed by atoms with E-state index >= 15 is 0 Å². The van der Waals surface area contributed by atoms with Gasteiger partial charge < -0.3 is 5.11 Å². The lowest BCUT2D eigenvalue weighted by Crippen LogP contribution is -2.07. The van der Waals surface area contributed by atoms with Crippen molar-refractivity contribution in [2.75, 3.05) is 0 Å². The normalized spacial score (nSPS) is 11.6. The Hall–Kier alpha value is -0.980. The van der Waals surface area contributed by atoms with Crippen LogP contribution >= 0.6 is 0 Å². The van der Waals surface area contributed by atoms with E-state index in [4.69, 9.17) is 0 Å². The monoisotopic (exact) mass is 641 g/mol. The standard InChI is InChI=1S/C45H84O/c1-5-9-13-16-19-21-23-24-26-28-31-35-39-44-43(38-34-30-27-25-22-20-17-14-10-6-2)42(37-33-29-18-15-11-7-3)41(40-45(44)46)36-32-12-8-4/h40,46H,5-39H2,1-4H3. The summed E-state index contributed by atoms with van der Waals surface area (Å²) >= 11 is 0. The van der Waals surface area contributed by atoms with Gasteiger partial charge in [0.25, 0.3) is 0 Å². The smallest absolute Gasteiger partial charge is 0.119 e. The SMILES string of the molecule is CCCCCCCCCCCCCCc1c(O)cc(CCCCC)c(CCCCCCCC)c1CCCCCCCCCCCC. The van der Waals surface area contributed by atoms with Crippen LogP contribution in [0.4, 0.5) is 0 Å². The summed E-state index contributed by atoms with van der Waals surface area (Å²) in [5.74, 6) is 0.628. The molecular weight excluding hydrogens is 556 g/mol. The number of hydrogen-bond acceptors (Lipinski definition) is 1. The van der Waals surface area contributed by atoms with Gasteiger partial charge in [-0.2, -0.15) is 0 Å². The highest BCUT2D eigenvalue weighted by molar-refractivity contribution is 5.50. The van der Waals surface area contributed by atoms with Gasteiger partial charge in [-0.25, -0.2) is 0 Å². The highest BCUT2D eigenvalue weighted by Gasteiger charge is 2.17. The van der Waals surface area contributed by atoms with Crippen LogP contribution in [0.2, 0.25) is 0 Å². The molecule has 0 atom stereocenters. The highest BCUT2D eigenvalue weighted by atomic mass is 16.3. The Balaban J connectivity index is 2.78. The Morgan fingerprint density at radius 2 is 0.565 bits per heavy atom. The molecule has 0 spiro atoms. The highest BCUT2D eigenvalue weighted by Crippen LogP contribution is 2.34. The molecule has 46 heavy (non-hydrogen) atoms. The molecule has 0 unspecified atom stereocenters. The molecule has 1 heteroatoms. The van der Waals surface area contributed by atoms with E-state index in [0.29, 0.717) is 5.75 Å². The number of rotatable bonds is 35. The molecule has 1 rings (SSSR count). The van der Waals surface area contributed by atoms with Crippen molar-refractivity contribution in [1.82, 2.24) is 0 Å². The topological polar surface area (TPSA) is 20.2 Å². The zero-order valence-electron chi connectivity index (χ0n) is 32.3. The number of phenolic OH excluding ortho intramolecular Hbond substituents is 1. The number of aromatic hydroxyl groups is 1. The zero-order valence-corrected chi connectivity index (χ0v) is 32.3. The molecule has 0 saturated carbocycles. The molecule has 270 valence electrons. The maximum absolute atomic E-state index is 11.5. The molecular formula is C45H84O. The van der Waals surface area contributed by atoms with Crippen LogP contribution in [0.3, 0.4) is 0 Å². The van der Waals surface area contributed by atoms with Crippen LogP contribution in [0.25, 0.3) is 0 Å². The lowest BCUT2D eigenvalue weighted by molar-refractivity contribution is 0.462. The summed E-state index contributed by atoms with van der Waals surface area (Å²) in [6.45, 7) is 9.24. The summed E-state index contributed by atoms with van der Waals surface area (Å²) in [7, 11) is 0. The van der Waals surface area contributed by atoms with Crippen LogP contribution in [-0.2, 0) is 25.7 Å². The van der Waals surface area contributed by atoms with E-state index in [-0.39, 0.29) is 0 Å². The van der Waals surface area contributed by atoms with Crippen molar-refractivity contribution in [2.45, 2.75) is 252 Å². The van der Waals surface area contributed by atoms with Gasteiger partial charge in [0, 0.05) is 0 Å². The average molecular weight is 641 g/mol. The fraction of sp³-hybridized carbons (Fsp3) is 0.867. The fourth-order valence-electron chi connectivity index (χ4n) is 7.56. The van der Waals surface area contributed by atoms with Gasteiger partial charge in [-0.1, -0.05) is 201 Å². The van der Waals surface area contributed by atoms with Crippen molar-refractivity contribution < 1.29 is 5.11 Å². The third kappa shape index (κ3) is 22.6. The summed E-state index contributed by atoms with van der Waals surface area (Å²) < 4.78 is 0. The van der Waals surface area contributed by atoms with E-state index in [1.165, 1.54) is 223 Å². The second kappa shape index (κ2) is 32.6. The molecule has 0 aliphatic heterocycles. The van der Waals surface area contributed by atoms with Crippen LogP contribution in [0, 0.1) is 0 Å². The van der Waals surface area contributed by atoms with Crippen molar-refractivity contribution in [2.24, 2.45) is 0 Å². The lowest BCUT2D eigenvalue weighted by atomic mass is 9.85. The Kier molecular flexibility index (Phi) is 30.5. The maximum atomic E-state index is 11.5. The van der Waals surface area contributed by atoms with Gasteiger partial charge in [0.15, 0.2) is 0 Å². The minimum absolute atomic E-state index is 0.628. The van der Waals surface area contributed by atoms with Gasteiger partial charge in [0.05, 0.1) is 0 Å². The van der Waals surface area contributed by atoms with Gasteiger partial charge in [-0.15, -0.1) is 0 Å².